The number of fused-ring (bicyclic) bond motifs is 1. The number of nitrogens with one attached hydrogen (secondary N) is 1. The highest BCUT2D eigenvalue weighted by Crippen LogP contribution is 2.25. The van der Waals surface area contributed by atoms with E-state index in [0.717, 1.165) is 18.8 Å². The van der Waals surface area contributed by atoms with Crippen LogP contribution in [0.2, 0.25) is 0 Å². The normalized spacial score (nSPS) is 14.1. The molecule has 1 N–H and O–H groups in total. The second kappa shape index (κ2) is 4.99. The monoisotopic (exact) mass is 203 g/mol. The van der Waals surface area contributed by atoms with Crippen LogP contribution in [0, 0.1) is 0 Å². The zero-order chi connectivity index (χ0) is 10.5. The zero-order valence-electron chi connectivity index (χ0n) is 9.12. The summed E-state index contributed by atoms with van der Waals surface area (Å²) < 4.78 is 5.66. The Morgan fingerprint density at radius 2 is 2.20 bits per heavy atom. The van der Waals surface area contributed by atoms with E-state index in [1.165, 1.54) is 17.6 Å². The van der Waals surface area contributed by atoms with E-state index in [0.29, 0.717) is 6.61 Å². The first-order valence-electron chi connectivity index (χ1n) is 5.52. The lowest BCUT2D eigenvalue weighted by Gasteiger charge is -2.18. The van der Waals surface area contributed by atoms with Crippen LogP contribution in [0.15, 0.2) is 29.8 Å². The third-order valence-electron chi connectivity index (χ3n) is 2.47. The molecule has 1 aliphatic rings. The predicted octanol–water partition coefficient (Wildman–Crippen LogP) is 2.46. The number of ether oxygens (including phenoxy) is 1. The molecule has 0 aromatic heterocycles. The lowest BCUT2D eigenvalue weighted by molar-refractivity contribution is 0.343. The number of rotatable bonds is 4. The Hall–Kier alpha value is -1.28. The molecule has 2 heteroatoms. The topological polar surface area (TPSA) is 21.3 Å². The minimum atomic E-state index is 0.716. The summed E-state index contributed by atoms with van der Waals surface area (Å²) in [5.74, 6) is 0.997. The number of benzene rings is 1. The molecule has 15 heavy (non-hydrogen) atoms. The summed E-state index contributed by atoms with van der Waals surface area (Å²) in [7, 11) is 0. The first-order chi connectivity index (χ1) is 7.40. The highest BCUT2D eigenvalue weighted by molar-refractivity contribution is 5.62. The molecule has 80 valence electrons. The lowest BCUT2D eigenvalue weighted by Crippen LogP contribution is -2.22. The van der Waals surface area contributed by atoms with Gasteiger partial charge in [-0.15, -0.1) is 0 Å². The van der Waals surface area contributed by atoms with Gasteiger partial charge in [0.25, 0.3) is 0 Å². The van der Waals surface area contributed by atoms with Gasteiger partial charge < -0.3 is 10.1 Å². The Balaban J connectivity index is 2.02. The average Bonchev–Trinajstić information content (AvgIpc) is 2.29. The van der Waals surface area contributed by atoms with Gasteiger partial charge in [-0.05, 0) is 30.7 Å². The maximum atomic E-state index is 5.66. The van der Waals surface area contributed by atoms with Gasteiger partial charge in [0.05, 0.1) is 0 Å². The number of hydrogen-bond acceptors (Lipinski definition) is 2. The molecule has 1 heterocycles. The molecule has 0 amide bonds. The molecule has 1 aliphatic heterocycles. The van der Waals surface area contributed by atoms with Crippen LogP contribution < -0.4 is 10.1 Å². The molecule has 0 bridgehead atoms. The fourth-order valence-electron chi connectivity index (χ4n) is 1.69. The van der Waals surface area contributed by atoms with E-state index < -0.39 is 0 Å². The molecular formula is C13H17NO. The molecule has 0 saturated heterocycles. The van der Waals surface area contributed by atoms with E-state index in [-0.39, 0.29) is 0 Å². The highest BCUT2D eigenvalue weighted by atomic mass is 16.5. The lowest BCUT2D eigenvalue weighted by atomic mass is 10.1. The molecular weight excluding hydrogens is 186 g/mol. The van der Waals surface area contributed by atoms with Crippen molar-refractivity contribution in [2.24, 2.45) is 0 Å². The van der Waals surface area contributed by atoms with Crippen LogP contribution in [0.3, 0.4) is 0 Å². The molecule has 0 radical (unpaired) electrons. The fourth-order valence-corrected chi connectivity index (χ4v) is 1.69. The Labute approximate surface area is 91.0 Å². The maximum absolute atomic E-state index is 5.66. The van der Waals surface area contributed by atoms with Gasteiger partial charge in [-0.25, -0.2) is 0 Å². The summed E-state index contributed by atoms with van der Waals surface area (Å²) in [6.45, 7) is 4.89. The third kappa shape index (κ3) is 2.60. The maximum Gasteiger partial charge on any atom is 0.127 e. The molecule has 0 saturated carbocycles. The van der Waals surface area contributed by atoms with Gasteiger partial charge in [0.1, 0.15) is 12.4 Å². The molecule has 0 aliphatic carbocycles. The minimum Gasteiger partial charge on any atom is -0.489 e. The first-order valence-corrected chi connectivity index (χ1v) is 5.52. The fraction of sp³-hybridized carbons (Fsp3) is 0.385. The zero-order valence-corrected chi connectivity index (χ0v) is 9.12. The van der Waals surface area contributed by atoms with Crippen LogP contribution in [-0.4, -0.2) is 19.7 Å². The molecule has 2 rings (SSSR count). The van der Waals surface area contributed by atoms with Crippen LogP contribution in [-0.2, 0) is 0 Å². The quantitative estimate of drug-likeness (QED) is 0.759. The van der Waals surface area contributed by atoms with E-state index in [9.17, 15) is 0 Å². The van der Waals surface area contributed by atoms with Crippen LogP contribution in [0.1, 0.15) is 18.9 Å². The molecule has 1 aromatic carbocycles. The summed E-state index contributed by atoms with van der Waals surface area (Å²) in [5, 5.41) is 3.39. The van der Waals surface area contributed by atoms with Crippen LogP contribution in [0.4, 0.5) is 0 Å². The van der Waals surface area contributed by atoms with Crippen molar-refractivity contribution in [3.63, 3.8) is 0 Å². The van der Waals surface area contributed by atoms with Gasteiger partial charge in [-0.1, -0.05) is 25.1 Å². The summed E-state index contributed by atoms with van der Waals surface area (Å²) in [5.41, 5.74) is 2.51. The van der Waals surface area contributed by atoms with Crippen molar-refractivity contribution in [2.75, 3.05) is 19.7 Å². The van der Waals surface area contributed by atoms with Crippen molar-refractivity contribution in [1.82, 2.24) is 5.32 Å². The van der Waals surface area contributed by atoms with Crippen molar-refractivity contribution in [1.29, 1.82) is 0 Å². The van der Waals surface area contributed by atoms with Crippen molar-refractivity contribution in [3.8, 4) is 5.75 Å². The second-order valence-electron chi connectivity index (χ2n) is 3.81. The van der Waals surface area contributed by atoms with Crippen molar-refractivity contribution in [2.45, 2.75) is 13.3 Å². The number of hydrogen-bond donors (Lipinski definition) is 1. The van der Waals surface area contributed by atoms with Crippen LogP contribution in [0.5, 0.6) is 5.75 Å². The van der Waals surface area contributed by atoms with E-state index in [2.05, 4.69) is 24.4 Å². The molecule has 2 nitrogen and oxygen atoms in total. The summed E-state index contributed by atoms with van der Waals surface area (Å²) in [6, 6.07) is 8.16. The Kier molecular flexibility index (Phi) is 3.41. The summed E-state index contributed by atoms with van der Waals surface area (Å²) >= 11 is 0. The molecule has 0 spiro atoms. The van der Waals surface area contributed by atoms with E-state index in [1.54, 1.807) is 0 Å². The van der Waals surface area contributed by atoms with Gasteiger partial charge in [-0.2, -0.15) is 0 Å². The Morgan fingerprint density at radius 3 is 3.07 bits per heavy atom. The Morgan fingerprint density at radius 1 is 1.33 bits per heavy atom. The summed E-state index contributed by atoms with van der Waals surface area (Å²) in [6.07, 6.45) is 3.40. The third-order valence-corrected chi connectivity index (χ3v) is 2.47. The largest absolute Gasteiger partial charge is 0.489 e. The van der Waals surface area contributed by atoms with Crippen LogP contribution in [0.25, 0.3) is 6.08 Å². The van der Waals surface area contributed by atoms with Crippen molar-refractivity contribution < 1.29 is 4.74 Å². The minimum absolute atomic E-state index is 0.716. The van der Waals surface area contributed by atoms with Gasteiger partial charge in [0.2, 0.25) is 0 Å². The average molecular weight is 203 g/mol. The first kappa shape index (κ1) is 10.2. The highest BCUT2D eigenvalue weighted by Gasteiger charge is 2.09. The Bertz CT molecular complexity index is 357. The van der Waals surface area contributed by atoms with E-state index >= 15 is 0 Å². The summed E-state index contributed by atoms with van der Waals surface area (Å²) in [4.78, 5) is 0. The second-order valence-corrected chi connectivity index (χ2v) is 3.81. The molecule has 0 atom stereocenters. The van der Waals surface area contributed by atoms with E-state index in [4.69, 9.17) is 4.74 Å². The van der Waals surface area contributed by atoms with Gasteiger partial charge in [0, 0.05) is 12.1 Å². The van der Waals surface area contributed by atoms with Gasteiger partial charge in [0.15, 0.2) is 0 Å². The SMILES string of the molecule is CCCNCC1=Cc2ccccc2OC1. The smallest absolute Gasteiger partial charge is 0.127 e. The van der Waals surface area contributed by atoms with Gasteiger partial charge >= 0.3 is 0 Å². The van der Waals surface area contributed by atoms with Crippen molar-refractivity contribution in [3.05, 3.63) is 35.4 Å². The molecule has 0 fully saturated rings. The van der Waals surface area contributed by atoms with Crippen LogP contribution >= 0.6 is 0 Å². The number of para-hydroxylation sites is 1. The molecule has 1 aromatic rings. The van der Waals surface area contributed by atoms with Crippen molar-refractivity contribution >= 4 is 6.08 Å². The van der Waals surface area contributed by atoms with Gasteiger partial charge in [-0.3, -0.25) is 0 Å². The molecule has 0 unspecified atom stereocenters. The standard InChI is InChI=1S/C13H17NO/c1-2-7-14-9-11-8-12-5-3-4-6-13(12)15-10-11/h3-6,8,14H,2,7,9-10H2,1H3. The van der Waals surface area contributed by atoms with E-state index in [1.807, 2.05) is 18.2 Å². The predicted molar refractivity (Wildman–Crippen MR) is 63.1 cm³/mol.